The van der Waals surface area contributed by atoms with Gasteiger partial charge in [-0.2, -0.15) is 0 Å². The average molecular weight is 114 g/mol. The molecule has 0 aliphatic rings. The van der Waals surface area contributed by atoms with Crippen LogP contribution in [0, 0.1) is 0 Å². The van der Waals surface area contributed by atoms with Crippen molar-refractivity contribution in [2.75, 3.05) is 0 Å². The van der Waals surface area contributed by atoms with Crippen molar-refractivity contribution in [1.82, 2.24) is 0 Å². The largest absolute Gasteiger partial charge is 2.00 e. The van der Waals surface area contributed by atoms with Crippen LogP contribution in [0.5, 0.6) is 0 Å². The molecule has 0 aromatic rings. The monoisotopic (exact) mass is 114 g/mol. The zero-order chi connectivity index (χ0) is 5.21. The molecule has 0 aromatic heterocycles. The molecule has 42 valence electrons. The number of hydrogen-bond acceptors (Lipinski definition) is 1. The van der Waals surface area contributed by atoms with E-state index in [1.54, 1.807) is 13.8 Å². The molecule has 1 N–H and O–H groups in total. The van der Waals surface area contributed by atoms with Crippen LogP contribution in [0.3, 0.4) is 0 Å². The van der Waals surface area contributed by atoms with Crippen LogP contribution in [0.4, 0.5) is 0 Å². The van der Waals surface area contributed by atoms with Gasteiger partial charge in [-0.3, -0.25) is 0 Å². The van der Waals surface area contributed by atoms with Gasteiger partial charge in [-0.05, 0) is 20.3 Å². The minimum atomic E-state index is -0.458. The predicted molar refractivity (Wildman–Crippen MR) is 34.6 cm³/mol. The van der Waals surface area contributed by atoms with Crippen LogP contribution in [-0.4, -0.2) is 33.8 Å². The van der Waals surface area contributed by atoms with E-state index in [2.05, 4.69) is 0 Å². The first kappa shape index (κ1) is 10.7. The Morgan fingerprint density at radius 1 is 1.57 bits per heavy atom. The second-order valence-corrected chi connectivity index (χ2v) is 2.17. The summed E-state index contributed by atoms with van der Waals surface area (Å²) in [4.78, 5) is 0. The third-order valence-electron chi connectivity index (χ3n) is 0.865. The topological polar surface area (TPSA) is 20.2 Å². The van der Waals surface area contributed by atoms with Crippen LogP contribution in [0.15, 0.2) is 0 Å². The van der Waals surface area contributed by atoms with E-state index in [0.717, 1.165) is 6.42 Å². The average Bonchev–Trinajstić information content (AvgIpc) is 1.35. The van der Waals surface area contributed by atoms with Gasteiger partial charge in [0.25, 0.3) is 0 Å². The summed E-state index contributed by atoms with van der Waals surface area (Å²) >= 11 is 0. The molecule has 0 aliphatic carbocycles. The minimum absolute atomic E-state index is 0. The Hall–Kier alpha value is 0.726. The molecule has 0 unspecified atom stereocenters. The summed E-state index contributed by atoms with van der Waals surface area (Å²) in [5, 5.41) is 8.83. The quantitative estimate of drug-likeness (QED) is 0.505. The van der Waals surface area contributed by atoms with Crippen LogP contribution < -0.4 is 0 Å². The maximum atomic E-state index is 8.83. The molecule has 0 radical (unpaired) electrons. The molecular formula is C5H14MgO. The predicted octanol–water partition coefficient (Wildman–Crippen LogP) is 1.01. The van der Waals surface area contributed by atoms with E-state index in [1.807, 2.05) is 6.92 Å². The van der Waals surface area contributed by atoms with Gasteiger partial charge in [0.15, 0.2) is 0 Å². The molecule has 0 spiro atoms. The van der Waals surface area contributed by atoms with Gasteiger partial charge in [0, 0.05) is 0 Å². The van der Waals surface area contributed by atoms with Gasteiger partial charge in [-0.15, -0.1) is 0 Å². The second-order valence-electron chi connectivity index (χ2n) is 2.17. The molecule has 0 atom stereocenters. The van der Waals surface area contributed by atoms with Crippen molar-refractivity contribution in [3.05, 3.63) is 0 Å². The molecule has 0 bridgehead atoms. The molecular weight excluding hydrogens is 100 g/mol. The zero-order valence-corrected chi connectivity index (χ0v) is 6.78. The third kappa shape index (κ3) is 10.8. The van der Waals surface area contributed by atoms with Gasteiger partial charge >= 0.3 is 23.1 Å². The first-order valence-electron chi connectivity index (χ1n) is 2.28. The van der Waals surface area contributed by atoms with Crippen molar-refractivity contribution in [2.24, 2.45) is 0 Å². The molecule has 0 aliphatic heterocycles. The van der Waals surface area contributed by atoms with E-state index < -0.39 is 5.60 Å². The summed E-state index contributed by atoms with van der Waals surface area (Å²) in [6, 6.07) is 0. The fraction of sp³-hybridized carbons (Fsp3) is 1.00. The maximum Gasteiger partial charge on any atom is 2.00 e. The van der Waals surface area contributed by atoms with Crippen molar-refractivity contribution in [3.63, 3.8) is 0 Å². The summed E-state index contributed by atoms with van der Waals surface area (Å²) in [7, 11) is 0. The third-order valence-corrected chi connectivity index (χ3v) is 0.865. The first-order chi connectivity index (χ1) is 2.56. The van der Waals surface area contributed by atoms with Gasteiger partial charge in [0.05, 0.1) is 5.60 Å². The van der Waals surface area contributed by atoms with Gasteiger partial charge < -0.3 is 7.96 Å². The molecule has 0 saturated heterocycles. The van der Waals surface area contributed by atoms with E-state index in [-0.39, 0.29) is 25.9 Å². The molecule has 0 amide bonds. The number of rotatable bonds is 1. The SMILES string of the molecule is CCC(C)(C)O.[H-].[H-].[Mg+2]. The van der Waals surface area contributed by atoms with Crippen molar-refractivity contribution in [2.45, 2.75) is 32.8 Å². The van der Waals surface area contributed by atoms with Crippen LogP contribution in [0.25, 0.3) is 0 Å². The molecule has 0 fully saturated rings. The summed E-state index contributed by atoms with van der Waals surface area (Å²) < 4.78 is 0. The zero-order valence-electron chi connectivity index (χ0n) is 7.36. The molecule has 7 heavy (non-hydrogen) atoms. The summed E-state index contributed by atoms with van der Waals surface area (Å²) in [5.74, 6) is 0. The molecule has 0 aromatic carbocycles. The number of aliphatic hydroxyl groups is 1. The Balaban J connectivity index is -0.0000000417. The van der Waals surface area contributed by atoms with Crippen molar-refractivity contribution < 1.29 is 7.96 Å². The Kier molecular flexibility index (Phi) is 5.63. The smallest absolute Gasteiger partial charge is 1.00 e. The summed E-state index contributed by atoms with van der Waals surface area (Å²) in [6.07, 6.45) is 0.826. The molecule has 0 heterocycles. The van der Waals surface area contributed by atoms with E-state index in [9.17, 15) is 0 Å². The number of hydrogen-bond donors (Lipinski definition) is 1. The van der Waals surface area contributed by atoms with E-state index >= 15 is 0 Å². The Bertz CT molecular complexity index is 44.7. The van der Waals surface area contributed by atoms with Crippen LogP contribution in [0.1, 0.15) is 30.0 Å². The van der Waals surface area contributed by atoms with Crippen LogP contribution in [-0.2, 0) is 0 Å². The van der Waals surface area contributed by atoms with Gasteiger partial charge in [-0.1, -0.05) is 6.92 Å². The fourth-order valence-corrected chi connectivity index (χ4v) is 0. The Labute approximate surface area is 64.2 Å². The van der Waals surface area contributed by atoms with Crippen LogP contribution in [0.2, 0.25) is 0 Å². The second kappa shape index (κ2) is 3.69. The molecule has 2 heteroatoms. The van der Waals surface area contributed by atoms with Gasteiger partial charge in [0.2, 0.25) is 0 Å². The Morgan fingerprint density at radius 3 is 1.71 bits per heavy atom. The maximum absolute atomic E-state index is 8.83. The van der Waals surface area contributed by atoms with Crippen molar-refractivity contribution >= 4 is 23.1 Å². The van der Waals surface area contributed by atoms with Crippen molar-refractivity contribution in [1.29, 1.82) is 0 Å². The molecule has 1 nitrogen and oxygen atoms in total. The van der Waals surface area contributed by atoms with Crippen molar-refractivity contribution in [3.8, 4) is 0 Å². The van der Waals surface area contributed by atoms with E-state index in [0.29, 0.717) is 0 Å². The fourth-order valence-electron chi connectivity index (χ4n) is 0. The van der Waals surface area contributed by atoms with Gasteiger partial charge in [-0.25, -0.2) is 0 Å². The minimum Gasteiger partial charge on any atom is -1.00 e. The first-order valence-corrected chi connectivity index (χ1v) is 2.28. The molecule has 0 saturated carbocycles. The Morgan fingerprint density at radius 2 is 1.71 bits per heavy atom. The van der Waals surface area contributed by atoms with Gasteiger partial charge in [0.1, 0.15) is 0 Å². The van der Waals surface area contributed by atoms with Crippen LogP contribution >= 0.6 is 0 Å². The summed E-state index contributed by atoms with van der Waals surface area (Å²) in [5.41, 5.74) is -0.458. The normalized spacial score (nSPS) is 10.3. The summed E-state index contributed by atoms with van der Waals surface area (Å²) in [6.45, 7) is 5.56. The van der Waals surface area contributed by atoms with E-state index in [4.69, 9.17) is 5.11 Å². The standard InChI is InChI=1S/C5H12O.Mg.2H/c1-4-5(2,3)6;;;/h6H,4H2,1-3H3;;;/q;+2;2*-1. The van der Waals surface area contributed by atoms with E-state index in [1.165, 1.54) is 0 Å². The molecule has 0 rings (SSSR count).